The zero-order valence-corrected chi connectivity index (χ0v) is 10.5. The molecule has 1 aromatic rings. The van der Waals surface area contributed by atoms with E-state index in [1.165, 1.54) is 0 Å². The first-order valence-corrected chi connectivity index (χ1v) is 6.23. The van der Waals surface area contributed by atoms with Gasteiger partial charge in [-0.3, -0.25) is 0 Å². The molecule has 2 atom stereocenters. The topological polar surface area (TPSA) is 24.9 Å². The fourth-order valence-electron chi connectivity index (χ4n) is 2.80. The lowest BCUT2D eigenvalue weighted by molar-refractivity contribution is 0.280. The van der Waals surface area contributed by atoms with Gasteiger partial charge in [0.2, 0.25) is 0 Å². The first-order valence-electron chi connectivity index (χ1n) is 6.23. The van der Waals surface area contributed by atoms with Crippen molar-refractivity contribution in [2.24, 2.45) is 11.8 Å². The molecule has 1 N–H and O–H groups in total. The third-order valence-corrected chi connectivity index (χ3v) is 3.41. The number of aromatic nitrogens is 1. The molecule has 18 heavy (non-hydrogen) atoms. The Morgan fingerprint density at radius 2 is 1.67 bits per heavy atom. The third-order valence-electron chi connectivity index (χ3n) is 3.41. The van der Waals surface area contributed by atoms with Gasteiger partial charge in [0.15, 0.2) is 17.5 Å². The lowest BCUT2D eigenvalue weighted by Crippen LogP contribution is -2.31. The zero-order chi connectivity index (χ0) is 13.3. The number of nitrogens with zero attached hydrogens (tertiary/aromatic N) is 1. The van der Waals surface area contributed by atoms with Gasteiger partial charge < -0.3 is 5.32 Å². The Morgan fingerprint density at radius 3 is 2.28 bits per heavy atom. The average Bonchev–Trinajstić information content (AvgIpc) is 2.24. The van der Waals surface area contributed by atoms with Crippen LogP contribution in [0.2, 0.25) is 0 Å². The molecule has 0 bridgehead atoms. The van der Waals surface area contributed by atoms with Crippen LogP contribution in [0.1, 0.15) is 33.1 Å². The molecule has 0 spiro atoms. The summed E-state index contributed by atoms with van der Waals surface area (Å²) >= 11 is 0. The van der Waals surface area contributed by atoms with Crippen molar-refractivity contribution in [3.8, 4) is 0 Å². The van der Waals surface area contributed by atoms with E-state index in [4.69, 9.17) is 0 Å². The molecular formula is C13H17F3N2. The van der Waals surface area contributed by atoms with Crippen LogP contribution >= 0.6 is 0 Å². The Bertz CT molecular complexity index is 426. The van der Waals surface area contributed by atoms with Crippen molar-refractivity contribution in [2.75, 3.05) is 5.32 Å². The van der Waals surface area contributed by atoms with Crippen LogP contribution in [0.3, 0.4) is 0 Å². The van der Waals surface area contributed by atoms with Gasteiger partial charge in [-0.15, -0.1) is 0 Å². The molecule has 1 aromatic heterocycles. The van der Waals surface area contributed by atoms with Gasteiger partial charge in [-0.25, -0.2) is 8.78 Å². The quantitative estimate of drug-likeness (QED) is 0.817. The van der Waals surface area contributed by atoms with Crippen molar-refractivity contribution in [2.45, 2.75) is 39.2 Å². The van der Waals surface area contributed by atoms with E-state index in [2.05, 4.69) is 24.1 Å². The molecule has 1 heterocycles. The highest BCUT2D eigenvalue weighted by molar-refractivity contribution is 5.37. The summed E-state index contributed by atoms with van der Waals surface area (Å²) in [6, 6.07) is 0.594. The van der Waals surface area contributed by atoms with E-state index in [1.807, 2.05) is 0 Å². The van der Waals surface area contributed by atoms with Gasteiger partial charge in [0.1, 0.15) is 0 Å². The van der Waals surface area contributed by atoms with Crippen molar-refractivity contribution < 1.29 is 13.2 Å². The van der Waals surface area contributed by atoms with Gasteiger partial charge >= 0.3 is 0 Å². The minimum atomic E-state index is -1.27. The number of rotatable bonds is 2. The maximum absolute atomic E-state index is 13.4. The summed E-state index contributed by atoms with van der Waals surface area (Å²) in [5.74, 6) is -2.49. The van der Waals surface area contributed by atoms with Crippen LogP contribution in [0.15, 0.2) is 6.07 Å². The Balaban J connectivity index is 2.11. The van der Waals surface area contributed by atoms with Crippen molar-refractivity contribution in [3.63, 3.8) is 0 Å². The van der Waals surface area contributed by atoms with Gasteiger partial charge in [0, 0.05) is 12.1 Å². The van der Waals surface area contributed by atoms with E-state index in [-0.39, 0.29) is 11.9 Å². The van der Waals surface area contributed by atoms with Crippen LogP contribution in [0, 0.1) is 29.4 Å². The predicted molar refractivity (Wildman–Crippen MR) is 63.7 cm³/mol. The van der Waals surface area contributed by atoms with Crippen LogP contribution < -0.4 is 5.32 Å². The van der Waals surface area contributed by atoms with Crippen molar-refractivity contribution in [1.82, 2.24) is 4.98 Å². The highest BCUT2D eigenvalue weighted by Crippen LogP contribution is 2.30. The number of anilines is 1. The molecule has 1 saturated carbocycles. The lowest BCUT2D eigenvalue weighted by atomic mass is 9.80. The fourth-order valence-corrected chi connectivity index (χ4v) is 2.80. The summed E-state index contributed by atoms with van der Waals surface area (Å²) in [4.78, 5) is 3.29. The summed E-state index contributed by atoms with van der Waals surface area (Å²) in [6.45, 7) is 4.28. The van der Waals surface area contributed by atoms with E-state index in [0.29, 0.717) is 17.9 Å². The summed E-state index contributed by atoms with van der Waals surface area (Å²) in [7, 11) is 0. The molecule has 100 valence electrons. The molecule has 2 rings (SSSR count). The van der Waals surface area contributed by atoms with Crippen LogP contribution in [-0.4, -0.2) is 11.0 Å². The molecule has 5 heteroatoms. The molecule has 0 radical (unpaired) electrons. The monoisotopic (exact) mass is 258 g/mol. The fraction of sp³-hybridized carbons (Fsp3) is 0.615. The van der Waals surface area contributed by atoms with Crippen LogP contribution in [0.5, 0.6) is 0 Å². The van der Waals surface area contributed by atoms with Crippen LogP contribution in [0.4, 0.5) is 19.0 Å². The number of pyridine rings is 1. The molecule has 2 unspecified atom stereocenters. The molecule has 0 aliphatic heterocycles. The highest BCUT2D eigenvalue weighted by atomic mass is 19.2. The normalized spacial score (nSPS) is 28.2. The Hall–Kier alpha value is -1.26. The second-order valence-corrected chi connectivity index (χ2v) is 5.35. The Morgan fingerprint density at radius 1 is 1.06 bits per heavy atom. The van der Waals surface area contributed by atoms with Gasteiger partial charge in [-0.05, 0) is 31.1 Å². The van der Waals surface area contributed by atoms with E-state index in [0.717, 1.165) is 19.3 Å². The number of hydrogen-bond donors (Lipinski definition) is 1. The first kappa shape index (κ1) is 13.2. The Labute approximate surface area is 105 Å². The van der Waals surface area contributed by atoms with Crippen LogP contribution in [0.25, 0.3) is 0 Å². The summed E-state index contributed by atoms with van der Waals surface area (Å²) in [6.07, 6.45) is 2.93. The van der Waals surface area contributed by atoms with Gasteiger partial charge in [0.05, 0.1) is 0 Å². The van der Waals surface area contributed by atoms with Crippen molar-refractivity contribution >= 4 is 5.82 Å². The zero-order valence-electron chi connectivity index (χ0n) is 10.5. The summed E-state index contributed by atoms with van der Waals surface area (Å²) in [5.41, 5.74) is 0. The second kappa shape index (κ2) is 5.16. The molecular weight excluding hydrogens is 241 g/mol. The van der Waals surface area contributed by atoms with E-state index in [9.17, 15) is 13.2 Å². The molecule has 0 amide bonds. The molecule has 0 aromatic carbocycles. The predicted octanol–water partition coefficient (Wildman–Crippen LogP) is 3.74. The van der Waals surface area contributed by atoms with E-state index >= 15 is 0 Å². The number of hydrogen-bond acceptors (Lipinski definition) is 2. The SMILES string of the molecule is CC1CC(C)CC(Nc2nc(F)c(F)cc2F)C1. The van der Waals surface area contributed by atoms with Crippen molar-refractivity contribution in [3.05, 3.63) is 23.6 Å². The minimum Gasteiger partial charge on any atom is -0.365 e. The first-order chi connectivity index (χ1) is 8.45. The van der Waals surface area contributed by atoms with E-state index < -0.39 is 17.6 Å². The highest BCUT2D eigenvalue weighted by Gasteiger charge is 2.25. The average molecular weight is 258 g/mol. The standard InChI is InChI=1S/C13H17F3N2/c1-7-3-8(2)5-9(4-7)17-13-11(15)6-10(14)12(16)18-13/h6-9H,3-5H2,1-2H3,(H,17,18). The van der Waals surface area contributed by atoms with Gasteiger partial charge in [0.25, 0.3) is 5.95 Å². The molecule has 2 nitrogen and oxygen atoms in total. The largest absolute Gasteiger partial charge is 0.365 e. The molecule has 1 aliphatic carbocycles. The third kappa shape index (κ3) is 2.94. The van der Waals surface area contributed by atoms with Crippen molar-refractivity contribution in [1.29, 1.82) is 0 Å². The van der Waals surface area contributed by atoms with E-state index in [1.54, 1.807) is 0 Å². The second-order valence-electron chi connectivity index (χ2n) is 5.35. The smallest absolute Gasteiger partial charge is 0.251 e. The lowest BCUT2D eigenvalue weighted by Gasteiger charge is -2.32. The molecule has 0 saturated heterocycles. The summed E-state index contributed by atoms with van der Waals surface area (Å²) < 4.78 is 39.2. The number of halogens is 3. The van der Waals surface area contributed by atoms with Crippen LogP contribution in [-0.2, 0) is 0 Å². The van der Waals surface area contributed by atoms with Gasteiger partial charge in [-0.2, -0.15) is 9.37 Å². The maximum atomic E-state index is 13.4. The summed E-state index contributed by atoms with van der Waals surface area (Å²) in [5, 5.41) is 2.89. The molecule has 1 aliphatic rings. The Kier molecular flexibility index (Phi) is 3.78. The minimum absolute atomic E-state index is 0.0654. The molecule has 1 fully saturated rings. The maximum Gasteiger partial charge on any atom is 0.251 e. The number of nitrogens with one attached hydrogen (secondary N) is 1. The van der Waals surface area contributed by atoms with Gasteiger partial charge in [-0.1, -0.05) is 13.8 Å².